The first kappa shape index (κ1) is 15.7. The van der Waals surface area contributed by atoms with Crippen LogP contribution in [0.5, 0.6) is 0 Å². The largest absolute Gasteiger partial charge is 0.279 e. The summed E-state index contributed by atoms with van der Waals surface area (Å²) < 4.78 is 23.8. The fraction of sp³-hybridized carbons (Fsp3) is 0.222. The lowest BCUT2D eigenvalue weighted by atomic mass is 10.3. The number of nitrogens with zero attached hydrogens (tertiary/aromatic N) is 2. The molecule has 0 saturated heterocycles. The minimum atomic E-state index is -3.86. The Hall–Kier alpha value is -1.38. The quantitative estimate of drug-likeness (QED) is 0.466. The van der Waals surface area contributed by atoms with E-state index in [4.69, 9.17) is 23.2 Å². The van der Waals surface area contributed by atoms with E-state index >= 15 is 0 Å². The van der Waals surface area contributed by atoms with Crippen molar-refractivity contribution in [1.29, 1.82) is 0 Å². The second-order valence-electron chi connectivity index (χ2n) is 3.52. The number of nitro groups is 1. The van der Waals surface area contributed by atoms with Crippen molar-refractivity contribution >= 4 is 49.8 Å². The Morgan fingerprint density at radius 2 is 2.05 bits per heavy atom. The van der Waals surface area contributed by atoms with Gasteiger partial charge in [0.25, 0.3) is 5.69 Å². The Balaban J connectivity index is 3.41. The first-order valence-electron chi connectivity index (χ1n) is 4.73. The van der Waals surface area contributed by atoms with E-state index in [2.05, 4.69) is 0 Å². The summed E-state index contributed by atoms with van der Waals surface area (Å²) in [5.74, 6) is 0. The maximum absolute atomic E-state index is 11.6. The highest BCUT2D eigenvalue weighted by molar-refractivity contribution is 7.92. The molecule has 0 aromatic heterocycles. The molecule has 1 aromatic carbocycles. The van der Waals surface area contributed by atoms with Gasteiger partial charge >= 0.3 is 0 Å². The Morgan fingerprint density at radius 3 is 2.47 bits per heavy atom. The molecular weight excluding hydrogens is 319 g/mol. The summed E-state index contributed by atoms with van der Waals surface area (Å²) in [7, 11) is -3.86. The number of benzene rings is 1. The number of hydrogen-bond donors (Lipinski definition) is 0. The summed E-state index contributed by atoms with van der Waals surface area (Å²) in [4.78, 5) is 20.8. The summed E-state index contributed by atoms with van der Waals surface area (Å²) in [6.07, 6.45) is 0.835. The van der Waals surface area contributed by atoms with Crippen LogP contribution < -0.4 is 4.31 Å². The van der Waals surface area contributed by atoms with E-state index in [9.17, 15) is 23.3 Å². The van der Waals surface area contributed by atoms with Crippen LogP contribution in [-0.2, 0) is 14.8 Å². The highest BCUT2D eigenvalue weighted by atomic mass is 35.5. The third-order valence-corrected chi connectivity index (χ3v) is 3.64. The van der Waals surface area contributed by atoms with Crippen molar-refractivity contribution in [3.8, 4) is 0 Å². The molecule has 104 valence electrons. The van der Waals surface area contributed by atoms with Gasteiger partial charge in [0, 0.05) is 12.1 Å². The van der Waals surface area contributed by atoms with Gasteiger partial charge in [0.15, 0.2) is 0 Å². The zero-order valence-corrected chi connectivity index (χ0v) is 11.9. The fourth-order valence-corrected chi connectivity index (χ4v) is 2.62. The lowest BCUT2D eigenvalue weighted by Gasteiger charge is -2.21. The van der Waals surface area contributed by atoms with Crippen molar-refractivity contribution in [2.75, 3.05) is 17.1 Å². The van der Waals surface area contributed by atoms with Crippen LogP contribution in [-0.4, -0.2) is 31.4 Å². The Bertz CT molecular complexity index is 631. The van der Waals surface area contributed by atoms with Crippen LogP contribution in [0.1, 0.15) is 0 Å². The number of nitro benzene ring substituents is 1. The van der Waals surface area contributed by atoms with Crippen molar-refractivity contribution in [2.45, 2.75) is 0 Å². The van der Waals surface area contributed by atoms with Crippen LogP contribution in [0.25, 0.3) is 0 Å². The second-order valence-corrected chi connectivity index (χ2v) is 6.25. The van der Waals surface area contributed by atoms with Crippen molar-refractivity contribution in [1.82, 2.24) is 0 Å². The van der Waals surface area contributed by atoms with Crippen molar-refractivity contribution < 1.29 is 18.1 Å². The third-order valence-electron chi connectivity index (χ3n) is 2.08. The molecule has 10 heteroatoms. The van der Waals surface area contributed by atoms with Gasteiger partial charge in [-0.25, -0.2) is 8.42 Å². The Morgan fingerprint density at radius 1 is 1.47 bits per heavy atom. The number of non-ortho nitro benzene ring substituents is 1. The van der Waals surface area contributed by atoms with Gasteiger partial charge in [0.1, 0.15) is 6.54 Å². The Labute approximate surface area is 118 Å². The highest BCUT2D eigenvalue weighted by Crippen LogP contribution is 2.31. The van der Waals surface area contributed by atoms with Gasteiger partial charge in [0.2, 0.25) is 15.3 Å². The zero-order valence-electron chi connectivity index (χ0n) is 9.54. The van der Waals surface area contributed by atoms with Gasteiger partial charge in [0.05, 0.1) is 21.9 Å². The van der Waals surface area contributed by atoms with E-state index in [-0.39, 0.29) is 16.4 Å². The summed E-state index contributed by atoms with van der Waals surface area (Å²) in [6, 6.07) is 3.25. The first-order chi connectivity index (χ1) is 8.62. The number of anilines is 1. The number of carbonyl (C=O) groups is 1. The summed E-state index contributed by atoms with van der Waals surface area (Å²) in [5, 5.41) is 9.68. The SMILES string of the molecule is CS(=O)(=O)N(CC(=O)Cl)c1cc([N+](=O)[O-])ccc1Cl. The molecule has 0 aliphatic heterocycles. The lowest BCUT2D eigenvalue weighted by Crippen LogP contribution is -2.33. The molecule has 19 heavy (non-hydrogen) atoms. The van der Waals surface area contributed by atoms with E-state index in [0.717, 1.165) is 18.4 Å². The monoisotopic (exact) mass is 326 g/mol. The maximum atomic E-state index is 11.6. The third kappa shape index (κ3) is 4.05. The minimum Gasteiger partial charge on any atom is -0.279 e. The van der Waals surface area contributed by atoms with Crippen molar-refractivity contribution in [3.63, 3.8) is 0 Å². The molecular formula is C9H8Cl2N2O5S. The normalized spacial score (nSPS) is 11.1. The molecule has 0 aliphatic rings. The standard InChI is InChI=1S/C9H8Cl2N2O5S/c1-19(17,18)12(5-9(11)14)8-4-6(13(15)16)2-3-7(8)10/h2-4H,5H2,1H3. The number of halogens is 2. The molecule has 0 bridgehead atoms. The average molecular weight is 327 g/mol. The molecule has 0 aliphatic carbocycles. The number of sulfonamides is 1. The van der Waals surface area contributed by atoms with E-state index < -0.39 is 26.7 Å². The van der Waals surface area contributed by atoms with Gasteiger partial charge in [-0.2, -0.15) is 0 Å². The molecule has 0 spiro atoms. The van der Waals surface area contributed by atoms with Crippen molar-refractivity contribution in [2.24, 2.45) is 0 Å². The van der Waals surface area contributed by atoms with E-state index in [1.165, 1.54) is 6.07 Å². The van der Waals surface area contributed by atoms with Gasteiger partial charge in [-0.05, 0) is 17.7 Å². The predicted octanol–water partition coefficient (Wildman–Crippen LogP) is 1.78. The van der Waals surface area contributed by atoms with Gasteiger partial charge in [-0.15, -0.1) is 0 Å². The van der Waals surface area contributed by atoms with Crippen LogP contribution in [0.4, 0.5) is 11.4 Å². The molecule has 0 unspecified atom stereocenters. The number of hydrogen-bond acceptors (Lipinski definition) is 5. The topological polar surface area (TPSA) is 97.6 Å². The van der Waals surface area contributed by atoms with Crippen molar-refractivity contribution in [3.05, 3.63) is 33.3 Å². The van der Waals surface area contributed by atoms with Gasteiger partial charge in [-0.3, -0.25) is 19.2 Å². The van der Waals surface area contributed by atoms with Crippen LogP contribution >= 0.6 is 23.2 Å². The number of rotatable bonds is 5. The van der Waals surface area contributed by atoms with Gasteiger partial charge in [-0.1, -0.05) is 11.6 Å². The number of carbonyl (C=O) groups excluding carboxylic acids is 1. The zero-order chi connectivity index (χ0) is 14.8. The lowest BCUT2D eigenvalue weighted by molar-refractivity contribution is -0.384. The highest BCUT2D eigenvalue weighted by Gasteiger charge is 2.24. The molecule has 1 rings (SSSR count). The summed E-state index contributed by atoms with van der Waals surface area (Å²) in [5.41, 5.74) is -0.526. The molecule has 0 radical (unpaired) electrons. The predicted molar refractivity (Wildman–Crippen MR) is 71.2 cm³/mol. The molecule has 1 aromatic rings. The average Bonchev–Trinajstić information content (AvgIpc) is 2.25. The summed E-state index contributed by atoms with van der Waals surface area (Å²) in [6.45, 7) is -0.665. The molecule has 0 saturated carbocycles. The first-order valence-corrected chi connectivity index (χ1v) is 7.33. The summed E-state index contributed by atoms with van der Waals surface area (Å²) >= 11 is 11.0. The van der Waals surface area contributed by atoms with Gasteiger partial charge < -0.3 is 0 Å². The molecule has 0 fully saturated rings. The van der Waals surface area contributed by atoms with Crippen LogP contribution in [0, 0.1) is 10.1 Å². The second kappa shape index (κ2) is 5.72. The molecule has 0 amide bonds. The van der Waals surface area contributed by atoms with Crippen LogP contribution in [0.2, 0.25) is 5.02 Å². The minimum absolute atomic E-state index is 0.0473. The van der Waals surface area contributed by atoms with E-state index in [1.807, 2.05) is 0 Å². The molecule has 7 nitrogen and oxygen atoms in total. The fourth-order valence-electron chi connectivity index (χ4n) is 1.30. The van der Waals surface area contributed by atoms with E-state index in [1.54, 1.807) is 0 Å². The maximum Gasteiger partial charge on any atom is 0.271 e. The van der Waals surface area contributed by atoms with E-state index in [0.29, 0.717) is 4.31 Å². The molecule has 0 atom stereocenters. The smallest absolute Gasteiger partial charge is 0.271 e. The molecule has 0 N–H and O–H groups in total. The van der Waals surface area contributed by atoms with Crippen LogP contribution in [0.15, 0.2) is 18.2 Å². The Kier molecular flexibility index (Phi) is 4.72. The van der Waals surface area contributed by atoms with Crippen LogP contribution in [0.3, 0.4) is 0 Å². The molecule has 0 heterocycles.